The average Bonchev–Trinajstić information content (AvgIpc) is 2.91. The van der Waals surface area contributed by atoms with E-state index in [9.17, 15) is 31.5 Å². The Hall–Kier alpha value is -4.26. The van der Waals surface area contributed by atoms with Gasteiger partial charge in [0.1, 0.15) is 0 Å². The number of hydrogen-bond donors (Lipinski definition) is 3. The maximum absolute atomic E-state index is 13.2. The number of piperazine rings is 1. The Morgan fingerprint density at radius 2 is 1.36 bits per heavy atom. The predicted octanol–water partition coefficient (Wildman–Crippen LogP) is 5.38. The van der Waals surface area contributed by atoms with Crippen LogP contribution in [0, 0.1) is 27.7 Å². The first kappa shape index (κ1) is 32.3. The van der Waals surface area contributed by atoms with Crippen LogP contribution in [0.2, 0.25) is 0 Å². The van der Waals surface area contributed by atoms with Crippen molar-refractivity contribution in [2.45, 2.75) is 38.8 Å². The quantitative estimate of drug-likeness (QED) is 0.341. The van der Waals surface area contributed by atoms with E-state index in [4.69, 9.17) is 9.90 Å². The lowest BCUT2D eigenvalue weighted by atomic mass is 10.1. The number of anilines is 3. The van der Waals surface area contributed by atoms with E-state index in [0.717, 1.165) is 24.2 Å². The van der Waals surface area contributed by atoms with Crippen LogP contribution in [0.5, 0.6) is 0 Å². The van der Waals surface area contributed by atoms with Crippen LogP contribution in [0.4, 0.5) is 30.2 Å². The fraction of sp³-hybridized carbons (Fsp3) is 0.310. The van der Waals surface area contributed by atoms with Crippen molar-refractivity contribution in [2.75, 3.05) is 40.7 Å². The van der Waals surface area contributed by atoms with Gasteiger partial charge in [-0.15, -0.1) is 0 Å². The number of aryl methyl sites for hydroxylation is 3. The zero-order chi connectivity index (χ0) is 31.4. The number of carbonyl (C=O) groups is 2. The second-order valence-corrected chi connectivity index (χ2v) is 11.6. The maximum Gasteiger partial charge on any atom is 0.490 e. The molecule has 4 rings (SSSR count). The summed E-state index contributed by atoms with van der Waals surface area (Å²) in [5.41, 5.74) is 6.55. The van der Waals surface area contributed by atoms with E-state index >= 15 is 0 Å². The summed E-state index contributed by atoms with van der Waals surface area (Å²) in [6.07, 6.45) is -5.08. The molecule has 3 aromatic rings. The van der Waals surface area contributed by atoms with Crippen LogP contribution in [0.1, 0.15) is 32.6 Å². The number of alkyl halides is 3. The summed E-state index contributed by atoms with van der Waals surface area (Å²) in [5.74, 6) is -3.87. The number of nitrogens with zero attached hydrogens (tertiary/aromatic N) is 2. The minimum atomic E-state index is -5.08. The zero-order valence-corrected chi connectivity index (χ0v) is 24.3. The molecule has 0 radical (unpaired) electrons. The average molecular weight is 608 g/mol. The Morgan fingerprint density at radius 1 is 0.786 bits per heavy atom. The first-order chi connectivity index (χ1) is 19.5. The lowest BCUT2D eigenvalue weighted by molar-refractivity contribution is -0.192. The molecule has 42 heavy (non-hydrogen) atoms. The van der Waals surface area contributed by atoms with Crippen LogP contribution in [-0.4, -0.2) is 62.9 Å². The first-order valence-electron chi connectivity index (χ1n) is 12.8. The molecule has 1 heterocycles. The van der Waals surface area contributed by atoms with Gasteiger partial charge in [-0.3, -0.25) is 4.72 Å². The zero-order valence-electron chi connectivity index (χ0n) is 23.5. The summed E-state index contributed by atoms with van der Waals surface area (Å²) in [5, 5.41) is 16.6. The van der Waals surface area contributed by atoms with E-state index in [1.54, 1.807) is 24.3 Å². The predicted molar refractivity (Wildman–Crippen MR) is 154 cm³/mol. The second kappa shape index (κ2) is 12.7. The number of hydrogen-bond acceptors (Lipinski definition) is 6. The van der Waals surface area contributed by atoms with Gasteiger partial charge in [-0.2, -0.15) is 13.2 Å². The third-order valence-electron chi connectivity index (χ3n) is 7.06. The summed E-state index contributed by atoms with van der Waals surface area (Å²) in [4.78, 5) is 25.1. The van der Waals surface area contributed by atoms with Crippen molar-refractivity contribution in [3.63, 3.8) is 0 Å². The van der Waals surface area contributed by atoms with Crippen LogP contribution in [0.15, 0.2) is 59.5 Å². The molecule has 0 atom stereocenters. The minimum absolute atomic E-state index is 0.0283. The number of nitrogens with one attached hydrogen (secondary N) is 1. The number of carboxylic acid groups (broad SMARTS) is 2. The fourth-order valence-electron chi connectivity index (χ4n) is 4.38. The van der Waals surface area contributed by atoms with Gasteiger partial charge in [0, 0.05) is 31.9 Å². The Kier molecular flexibility index (Phi) is 9.77. The van der Waals surface area contributed by atoms with Crippen LogP contribution >= 0.6 is 0 Å². The highest BCUT2D eigenvalue weighted by molar-refractivity contribution is 7.92. The van der Waals surface area contributed by atoms with Gasteiger partial charge >= 0.3 is 18.1 Å². The highest BCUT2D eigenvalue weighted by Crippen LogP contribution is 2.32. The molecule has 13 heteroatoms. The normalized spacial score (nSPS) is 13.7. The monoisotopic (exact) mass is 607 g/mol. The van der Waals surface area contributed by atoms with E-state index in [0.29, 0.717) is 18.8 Å². The molecule has 0 bridgehead atoms. The number of halogens is 3. The van der Waals surface area contributed by atoms with E-state index < -0.39 is 28.1 Å². The van der Waals surface area contributed by atoms with Crippen molar-refractivity contribution in [1.82, 2.24) is 0 Å². The third kappa shape index (κ3) is 7.72. The Bertz CT molecular complexity index is 1580. The maximum atomic E-state index is 13.2. The minimum Gasteiger partial charge on any atom is -0.478 e. The van der Waals surface area contributed by atoms with Gasteiger partial charge in [-0.25, -0.2) is 18.0 Å². The summed E-state index contributed by atoms with van der Waals surface area (Å²) in [7, 11) is -3.90. The molecule has 0 aliphatic carbocycles. The van der Waals surface area contributed by atoms with Crippen LogP contribution in [0.3, 0.4) is 0 Å². The number of sulfonamides is 1. The SMILES string of the molecule is Cc1ccc(S(=O)(=O)Nc2cc(C(=O)O)ccc2N2CCN(c3cccc(C)c3C)CC2)cc1C.O=C(O)C(F)(F)F. The Balaban J connectivity index is 0.000000616. The van der Waals surface area contributed by atoms with Crippen molar-refractivity contribution in [3.8, 4) is 0 Å². The number of aliphatic carboxylic acids is 1. The van der Waals surface area contributed by atoms with Crippen LogP contribution < -0.4 is 14.5 Å². The van der Waals surface area contributed by atoms with Crippen molar-refractivity contribution in [3.05, 3.63) is 82.4 Å². The summed E-state index contributed by atoms with van der Waals surface area (Å²) in [6, 6.07) is 15.9. The number of benzene rings is 3. The van der Waals surface area contributed by atoms with Crippen LogP contribution in [0.25, 0.3) is 0 Å². The Labute approximate surface area is 242 Å². The molecule has 0 spiro atoms. The second-order valence-electron chi connectivity index (χ2n) is 9.88. The Morgan fingerprint density at radius 3 is 1.88 bits per heavy atom. The number of aromatic carboxylic acids is 1. The molecule has 226 valence electrons. The molecule has 0 unspecified atom stereocenters. The molecule has 1 saturated heterocycles. The number of rotatable bonds is 6. The highest BCUT2D eigenvalue weighted by Gasteiger charge is 2.38. The van der Waals surface area contributed by atoms with Gasteiger partial charge in [-0.05, 0) is 86.3 Å². The van der Waals surface area contributed by atoms with Crippen molar-refractivity contribution >= 4 is 39.0 Å². The van der Waals surface area contributed by atoms with Crippen molar-refractivity contribution in [2.24, 2.45) is 0 Å². The first-order valence-corrected chi connectivity index (χ1v) is 14.3. The van der Waals surface area contributed by atoms with E-state index in [2.05, 4.69) is 46.6 Å². The number of carboxylic acids is 2. The van der Waals surface area contributed by atoms with Gasteiger partial charge in [0.2, 0.25) is 0 Å². The van der Waals surface area contributed by atoms with Crippen LogP contribution in [-0.2, 0) is 14.8 Å². The van der Waals surface area contributed by atoms with Gasteiger partial charge in [0.15, 0.2) is 0 Å². The molecule has 0 aromatic heterocycles. The summed E-state index contributed by atoms with van der Waals surface area (Å²) < 4.78 is 60.8. The summed E-state index contributed by atoms with van der Waals surface area (Å²) in [6.45, 7) is 10.9. The molecular formula is C29H32F3N3O6S. The van der Waals surface area contributed by atoms with Gasteiger partial charge < -0.3 is 20.0 Å². The molecule has 3 aromatic carbocycles. The summed E-state index contributed by atoms with van der Waals surface area (Å²) >= 11 is 0. The molecule has 3 N–H and O–H groups in total. The van der Waals surface area contributed by atoms with E-state index in [-0.39, 0.29) is 16.1 Å². The van der Waals surface area contributed by atoms with E-state index in [1.165, 1.54) is 28.9 Å². The van der Waals surface area contributed by atoms with Gasteiger partial charge in [-0.1, -0.05) is 18.2 Å². The third-order valence-corrected chi connectivity index (χ3v) is 8.42. The molecule has 1 fully saturated rings. The standard InChI is InChI=1S/C27H31N3O4S.C2HF3O2/c1-18-8-10-23(16-20(18)3)35(33,34)28-24-17-22(27(31)32)9-11-26(24)30-14-12-29(13-15-30)25-7-5-6-19(2)21(25)4;3-2(4,5)1(6)7/h5-11,16-17,28H,12-15H2,1-4H3,(H,31,32);(H,6,7). The van der Waals surface area contributed by atoms with Gasteiger partial charge in [0.25, 0.3) is 10.0 Å². The fourth-order valence-corrected chi connectivity index (χ4v) is 5.53. The van der Waals surface area contributed by atoms with E-state index in [1.807, 2.05) is 13.8 Å². The largest absolute Gasteiger partial charge is 0.490 e. The molecule has 9 nitrogen and oxygen atoms in total. The molecular weight excluding hydrogens is 575 g/mol. The van der Waals surface area contributed by atoms with Gasteiger partial charge in [0.05, 0.1) is 21.8 Å². The smallest absolute Gasteiger partial charge is 0.478 e. The molecule has 1 aliphatic heterocycles. The van der Waals surface area contributed by atoms with Crippen molar-refractivity contribution < 1.29 is 41.4 Å². The van der Waals surface area contributed by atoms with Crippen molar-refractivity contribution in [1.29, 1.82) is 0 Å². The lowest BCUT2D eigenvalue weighted by Crippen LogP contribution is -2.47. The highest BCUT2D eigenvalue weighted by atomic mass is 32.2. The molecule has 0 saturated carbocycles. The molecule has 0 amide bonds. The lowest BCUT2D eigenvalue weighted by Gasteiger charge is -2.39. The topological polar surface area (TPSA) is 127 Å². The molecule has 1 aliphatic rings.